The molecule has 0 bridgehead atoms. The van der Waals surface area contributed by atoms with E-state index in [0.29, 0.717) is 0 Å². The standard InChI is InChI=1S/C50H32N4/c1-2-18-36(19-3-1)47-49-48(42-26-10-11-28-44(42)51-47)52-50-43(41-27-12-20-33-15-4-7-23-38(33)41)31-37(32-53(49)50)54(45-29-13-21-34-16-5-8-24-39(34)45)46-30-14-22-35-17-6-9-25-40(35)46/h1-32H. The van der Waals surface area contributed by atoms with E-state index in [2.05, 4.69) is 204 Å². The molecule has 11 aromatic rings. The van der Waals surface area contributed by atoms with E-state index in [1.807, 2.05) is 0 Å². The largest absolute Gasteiger partial charge is 0.308 e. The third-order valence-electron chi connectivity index (χ3n) is 10.7. The van der Waals surface area contributed by atoms with Crippen LogP contribution in [0.5, 0.6) is 0 Å². The third kappa shape index (κ3) is 4.70. The van der Waals surface area contributed by atoms with Gasteiger partial charge < -0.3 is 4.90 Å². The van der Waals surface area contributed by atoms with Crippen LogP contribution in [-0.2, 0) is 0 Å². The highest BCUT2D eigenvalue weighted by molar-refractivity contribution is 6.12. The van der Waals surface area contributed by atoms with E-state index in [4.69, 9.17) is 9.97 Å². The fraction of sp³-hybridized carbons (Fsp3) is 0. The van der Waals surface area contributed by atoms with Crippen molar-refractivity contribution in [1.29, 1.82) is 0 Å². The number of imidazole rings is 1. The van der Waals surface area contributed by atoms with Gasteiger partial charge in [0.2, 0.25) is 0 Å². The zero-order chi connectivity index (χ0) is 35.6. The summed E-state index contributed by atoms with van der Waals surface area (Å²) >= 11 is 0. The monoisotopic (exact) mass is 688 g/mol. The van der Waals surface area contributed by atoms with Crippen molar-refractivity contribution in [3.8, 4) is 22.4 Å². The van der Waals surface area contributed by atoms with Crippen molar-refractivity contribution >= 4 is 77.0 Å². The molecular weight excluding hydrogens is 657 g/mol. The number of anilines is 3. The lowest BCUT2D eigenvalue weighted by Crippen LogP contribution is -2.12. The second-order valence-electron chi connectivity index (χ2n) is 13.8. The summed E-state index contributed by atoms with van der Waals surface area (Å²) in [6.45, 7) is 0. The van der Waals surface area contributed by atoms with Gasteiger partial charge in [0.25, 0.3) is 0 Å². The summed E-state index contributed by atoms with van der Waals surface area (Å²) in [7, 11) is 0. The van der Waals surface area contributed by atoms with Crippen LogP contribution in [0.15, 0.2) is 194 Å². The fourth-order valence-corrected chi connectivity index (χ4v) is 8.28. The van der Waals surface area contributed by atoms with Crippen LogP contribution in [0.3, 0.4) is 0 Å². The topological polar surface area (TPSA) is 33.4 Å². The average molecular weight is 689 g/mol. The maximum atomic E-state index is 5.56. The molecule has 4 heteroatoms. The Morgan fingerprint density at radius 3 is 1.65 bits per heavy atom. The van der Waals surface area contributed by atoms with Crippen molar-refractivity contribution in [3.05, 3.63) is 194 Å². The van der Waals surface area contributed by atoms with Crippen LogP contribution in [0.2, 0.25) is 0 Å². The van der Waals surface area contributed by atoms with Gasteiger partial charge in [-0.25, -0.2) is 9.97 Å². The van der Waals surface area contributed by atoms with Crippen molar-refractivity contribution < 1.29 is 0 Å². The smallest absolute Gasteiger partial charge is 0.146 e. The Kier molecular flexibility index (Phi) is 6.82. The number of benzene rings is 8. The predicted octanol–water partition coefficient (Wildman–Crippen LogP) is 13.3. The summed E-state index contributed by atoms with van der Waals surface area (Å²) < 4.78 is 2.30. The minimum atomic E-state index is 0.885. The molecule has 0 fully saturated rings. The lowest BCUT2D eigenvalue weighted by atomic mass is 9.98. The number of fused-ring (bicyclic) bond motifs is 8. The van der Waals surface area contributed by atoms with E-state index >= 15 is 0 Å². The van der Waals surface area contributed by atoms with Crippen molar-refractivity contribution in [2.75, 3.05) is 4.90 Å². The zero-order valence-electron chi connectivity index (χ0n) is 29.3. The van der Waals surface area contributed by atoms with E-state index in [1.54, 1.807) is 0 Å². The Morgan fingerprint density at radius 2 is 0.963 bits per heavy atom. The molecule has 0 N–H and O–H groups in total. The number of nitrogens with zero attached hydrogens (tertiary/aromatic N) is 4. The van der Waals surface area contributed by atoms with Gasteiger partial charge in [-0.3, -0.25) is 4.40 Å². The summed E-state index contributed by atoms with van der Waals surface area (Å²) in [6, 6.07) is 66.9. The number of aromatic nitrogens is 3. The Balaban J connectivity index is 1.34. The minimum absolute atomic E-state index is 0.885. The van der Waals surface area contributed by atoms with Gasteiger partial charge in [0.15, 0.2) is 0 Å². The highest BCUT2D eigenvalue weighted by Gasteiger charge is 2.24. The van der Waals surface area contributed by atoms with E-state index in [0.717, 1.165) is 67.0 Å². The molecule has 0 radical (unpaired) electrons. The second kappa shape index (κ2) is 12.1. The molecule has 0 saturated heterocycles. The molecule has 11 rings (SSSR count). The van der Waals surface area contributed by atoms with Crippen LogP contribution in [0.1, 0.15) is 0 Å². The first-order valence-electron chi connectivity index (χ1n) is 18.3. The second-order valence-corrected chi connectivity index (χ2v) is 13.8. The number of rotatable bonds is 5. The van der Waals surface area contributed by atoms with E-state index in [9.17, 15) is 0 Å². The van der Waals surface area contributed by atoms with Gasteiger partial charge in [-0.1, -0.05) is 164 Å². The lowest BCUT2D eigenvalue weighted by Gasteiger charge is -2.29. The Labute approximate surface area is 311 Å². The van der Waals surface area contributed by atoms with Gasteiger partial charge in [0.1, 0.15) is 16.7 Å². The number of para-hydroxylation sites is 1. The van der Waals surface area contributed by atoms with Crippen LogP contribution < -0.4 is 4.90 Å². The van der Waals surface area contributed by atoms with Crippen LogP contribution >= 0.6 is 0 Å². The van der Waals surface area contributed by atoms with E-state index in [1.165, 1.54) is 32.3 Å². The summed E-state index contributed by atoms with van der Waals surface area (Å²) in [5.41, 5.74) is 11.1. The summed E-state index contributed by atoms with van der Waals surface area (Å²) in [4.78, 5) is 13.3. The van der Waals surface area contributed by atoms with Crippen LogP contribution in [0.25, 0.3) is 82.3 Å². The van der Waals surface area contributed by atoms with E-state index < -0.39 is 0 Å². The molecule has 252 valence electrons. The molecule has 0 aliphatic rings. The summed E-state index contributed by atoms with van der Waals surface area (Å²) in [5, 5.41) is 8.12. The van der Waals surface area contributed by atoms with Crippen molar-refractivity contribution in [3.63, 3.8) is 0 Å². The highest BCUT2D eigenvalue weighted by atomic mass is 15.2. The van der Waals surface area contributed by atoms with Gasteiger partial charge in [0.05, 0.1) is 28.3 Å². The van der Waals surface area contributed by atoms with Crippen molar-refractivity contribution in [2.24, 2.45) is 0 Å². The molecule has 8 aromatic carbocycles. The van der Waals surface area contributed by atoms with Crippen LogP contribution in [0.4, 0.5) is 17.1 Å². The molecule has 3 heterocycles. The maximum absolute atomic E-state index is 5.56. The normalized spacial score (nSPS) is 11.7. The molecular formula is C50H32N4. The van der Waals surface area contributed by atoms with Crippen molar-refractivity contribution in [2.45, 2.75) is 0 Å². The predicted molar refractivity (Wildman–Crippen MR) is 226 cm³/mol. The molecule has 0 saturated carbocycles. The SMILES string of the molecule is c1ccc(-c2nc3ccccc3c3nc4c(-c5cccc6ccccc56)cc(N(c5cccc6ccccc56)c5cccc6ccccc56)cn4c23)cc1. The molecule has 0 amide bonds. The van der Waals surface area contributed by atoms with Gasteiger partial charge in [0, 0.05) is 33.5 Å². The Morgan fingerprint density at radius 1 is 0.426 bits per heavy atom. The maximum Gasteiger partial charge on any atom is 0.146 e. The van der Waals surface area contributed by atoms with Gasteiger partial charge in [-0.15, -0.1) is 0 Å². The van der Waals surface area contributed by atoms with Crippen molar-refractivity contribution in [1.82, 2.24) is 14.4 Å². The summed E-state index contributed by atoms with van der Waals surface area (Å²) in [6.07, 6.45) is 2.27. The van der Waals surface area contributed by atoms with Crippen LogP contribution in [0, 0.1) is 0 Å². The lowest BCUT2D eigenvalue weighted by molar-refractivity contribution is 1.19. The van der Waals surface area contributed by atoms with Gasteiger partial charge in [-0.05, 0) is 51.4 Å². The molecule has 4 nitrogen and oxygen atoms in total. The van der Waals surface area contributed by atoms with Gasteiger partial charge >= 0.3 is 0 Å². The zero-order valence-corrected chi connectivity index (χ0v) is 29.3. The highest BCUT2D eigenvalue weighted by Crippen LogP contribution is 2.45. The molecule has 0 aliphatic heterocycles. The Hall–Kier alpha value is -7.30. The first-order chi connectivity index (χ1) is 26.8. The Bertz CT molecular complexity index is 3140. The third-order valence-corrected chi connectivity index (χ3v) is 10.7. The average Bonchev–Trinajstić information content (AvgIpc) is 3.64. The fourth-order valence-electron chi connectivity index (χ4n) is 8.28. The first kappa shape index (κ1) is 30.3. The number of hydrogen-bond acceptors (Lipinski definition) is 3. The first-order valence-corrected chi connectivity index (χ1v) is 18.3. The van der Waals surface area contributed by atoms with E-state index in [-0.39, 0.29) is 0 Å². The van der Waals surface area contributed by atoms with Crippen LogP contribution in [-0.4, -0.2) is 14.4 Å². The quantitative estimate of drug-likeness (QED) is 0.180. The molecule has 54 heavy (non-hydrogen) atoms. The molecule has 0 atom stereocenters. The summed E-state index contributed by atoms with van der Waals surface area (Å²) in [5.74, 6) is 0. The number of hydrogen-bond donors (Lipinski definition) is 0. The molecule has 0 spiro atoms. The molecule has 3 aromatic heterocycles. The minimum Gasteiger partial charge on any atom is -0.308 e. The molecule has 0 aliphatic carbocycles. The number of pyridine rings is 2. The van der Waals surface area contributed by atoms with Gasteiger partial charge in [-0.2, -0.15) is 0 Å². The molecule has 0 unspecified atom stereocenters.